The Labute approximate surface area is 101 Å². The number of likely N-dealkylation sites (tertiary alicyclic amines) is 1. The van der Waals surface area contributed by atoms with Crippen molar-refractivity contribution < 1.29 is 14.7 Å². The Hall–Kier alpha value is -1.30. The molecule has 1 unspecified atom stereocenters. The molecule has 0 aromatic heterocycles. The van der Waals surface area contributed by atoms with E-state index in [0.717, 1.165) is 12.8 Å². The molecule has 98 valence electrons. The van der Waals surface area contributed by atoms with Gasteiger partial charge in [0.2, 0.25) is 0 Å². The number of nitrogens with zero attached hydrogens (tertiary/aromatic N) is 2. The summed E-state index contributed by atoms with van der Waals surface area (Å²) in [5.74, 6) is -0.617. The summed E-state index contributed by atoms with van der Waals surface area (Å²) in [6, 6.07) is -0.176. The molecule has 17 heavy (non-hydrogen) atoms. The van der Waals surface area contributed by atoms with Crippen LogP contribution in [0.3, 0.4) is 0 Å². The van der Waals surface area contributed by atoms with Gasteiger partial charge < -0.3 is 20.6 Å². The Morgan fingerprint density at radius 2 is 2.24 bits per heavy atom. The van der Waals surface area contributed by atoms with Crippen molar-refractivity contribution in [2.24, 2.45) is 11.7 Å². The number of hydrogen-bond acceptors (Lipinski definition) is 3. The van der Waals surface area contributed by atoms with Gasteiger partial charge >= 0.3 is 12.0 Å². The SMILES string of the molecule is CCCN(CC(=O)O)C(=O)N1CCC(CN)C1. The van der Waals surface area contributed by atoms with E-state index in [1.807, 2.05) is 6.92 Å². The van der Waals surface area contributed by atoms with Gasteiger partial charge in [0.05, 0.1) is 0 Å². The van der Waals surface area contributed by atoms with Gasteiger partial charge in [-0.05, 0) is 25.3 Å². The first-order valence-electron chi connectivity index (χ1n) is 6.04. The first-order chi connectivity index (χ1) is 8.08. The molecule has 1 aliphatic heterocycles. The normalized spacial score (nSPS) is 19.4. The van der Waals surface area contributed by atoms with Gasteiger partial charge in [0.25, 0.3) is 0 Å². The molecule has 6 heteroatoms. The van der Waals surface area contributed by atoms with Crippen LogP contribution in [0.25, 0.3) is 0 Å². The van der Waals surface area contributed by atoms with E-state index >= 15 is 0 Å². The monoisotopic (exact) mass is 243 g/mol. The third-order valence-corrected chi connectivity index (χ3v) is 2.98. The summed E-state index contributed by atoms with van der Waals surface area (Å²) in [6.45, 7) is 4.09. The molecule has 0 spiro atoms. The fraction of sp³-hybridized carbons (Fsp3) is 0.818. The van der Waals surface area contributed by atoms with E-state index in [0.29, 0.717) is 32.1 Å². The van der Waals surface area contributed by atoms with Gasteiger partial charge in [-0.25, -0.2) is 4.79 Å². The molecule has 1 aliphatic rings. The number of nitrogens with two attached hydrogens (primary N) is 1. The van der Waals surface area contributed by atoms with E-state index in [9.17, 15) is 9.59 Å². The predicted molar refractivity (Wildman–Crippen MR) is 63.6 cm³/mol. The van der Waals surface area contributed by atoms with Crippen LogP contribution in [0.15, 0.2) is 0 Å². The second kappa shape index (κ2) is 6.44. The number of carbonyl (C=O) groups excluding carboxylic acids is 1. The van der Waals surface area contributed by atoms with E-state index in [1.54, 1.807) is 4.90 Å². The fourth-order valence-corrected chi connectivity index (χ4v) is 2.07. The van der Waals surface area contributed by atoms with Crippen LogP contribution in [-0.2, 0) is 4.79 Å². The molecule has 0 radical (unpaired) electrons. The van der Waals surface area contributed by atoms with E-state index in [4.69, 9.17) is 10.8 Å². The van der Waals surface area contributed by atoms with Crippen LogP contribution in [-0.4, -0.2) is 59.6 Å². The molecule has 1 atom stereocenters. The van der Waals surface area contributed by atoms with Crippen molar-refractivity contribution >= 4 is 12.0 Å². The van der Waals surface area contributed by atoms with Crippen molar-refractivity contribution in [3.05, 3.63) is 0 Å². The Morgan fingerprint density at radius 1 is 1.53 bits per heavy atom. The highest BCUT2D eigenvalue weighted by Gasteiger charge is 2.28. The smallest absolute Gasteiger partial charge is 0.323 e. The largest absolute Gasteiger partial charge is 0.480 e. The summed E-state index contributed by atoms with van der Waals surface area (Å²) in [6.07, 6.45) is 1.67. The molecule has 6 nitrogen and oxygen atoms in total. The summed E-state index contributed by atoms with van der Waals surface area (Å²) in [5, 5.41) is 8.77. The van der Waals surface area contributed by atoms with E-state index in [-0.39, 0.29) is 12.6 Å². The molecule has 0 bridgehead atoms. The van der Waals surface area contributed by atoms with Crippen molar-refractivity contribution in [3.8, 4) is 0 Å². The number of urea groups is 1. The van der Waals surface area contributed by atoms with Gasteiger partial charge in [-0.3, -0.25) is 4.79 Å². The lowest BCUT2D eigenvalue weighted by atomic mass is 10.1. The fourth-order valence-electron chi connectivity index (χ4n) is 2.07. The summed E-state index contributed by atoms with van der Waals surface area (Å²) >= 11 is 0. The maximum absolute atomic E-state index is 12.1. The molecule has 1 saturated heterocycles. The molecule has 1 rings (SSSR count). The van der Waals surface area contributed by atoms with Crippen molar-refractivity contribution in [1.82, 2.24) is 9.80 Å². The van der Waals surface area contributed by atoms with Crippen LogP contribution < -0.4 is 5.73 Å². The number of aliphatic carboxylic acids is 1. The van der Waals surface area contributed by atoms with Gasteiger partial charge in [0.15, 0.2) is 0 Å². The maximum atomic E-state index is 12.1. The minimum absolute atomic E-state index is 0.176. The lowest BCUT2D eigenvalue weighted by Crippen LogP contribution is -2.45. The quantitative estimate of drug-likeness (QED) is 0.721. The number of rotatable bonds is 5. The zero-order chi connectivity index (χ0) is 12.8. The predicted octanol–water partition coefficient (Wildman–Crippen LogP) is 0.184. The Bertz CT molecular complexity index is 283. The number of hydrogen-bond donors (Lipinski definition) is 2. The molecule has 3 N–H and O–H groups in total. The molecular weight excluding hydrogens is 222 g/mol. The van der Waals surface area contributed by atoms with E-state index < -0.39 is 5.97 Å². The van der Waals surface area contributed by atoms with Crippen LogP contribution in [0.1, 0.15) is 19.8 Å². The Morgan fingerprint density at radius 3 is 2.71 bits per heavy atom. The number of carboxylic acid groups (broad SMARTS) is 1. The van der Waals surface area contributed by atoms with Crippen molar-refractivity contribution in [2.45, 2.75) is 19.8 Å². The van der Waals surface area contributed by atoms with Crippen LogP contribution in [0.4, 0.5) is 4.79 Å². The van der Waals surface area contributed by atoms with E-state index in [1.165, 1.54) is 4.90 Å². The summed E-state index contributed by atoms with van der Waals surface area (Å²) in [7, 11) is 0. The van der Waals surface area contributed by atoms with Crippen LogP contribution in [0.5, 0.6) is 0 Å². The molecular formula is C11H21N3O3. The molecule has 2 amide bonds. The standard InChI is InChI=1S/C11H21N3O3/c1-2-4-13(8-10(15)16)11(17)14-5-3-9(6-12)7-14/h9H,2-8,12H2,1H3,(H,15,16). The van der Waals surface area contributed by atoms with Crippen LogP contribution >= 0.6 is 0 Å². The van der Waals surface area contributed by atoms with Gasteiger partial charge in [-0.2, -0.15) is 0 Å². The molecule has 0 saturated carbocycles. The molecule has 0 aromatic rings. The Kier molecular flexibility index (Phi) is 5.21. The number of carbonyl (C=O) groups is 2. The van der Waals surface area contributed by atoms with Crippen LogP contribution in [0, 0.1) is 5.92 Å². The highest BCUT2D eigenvalue weighted by molar-refractivity contribution is 5.80. The van der Waals surface area contributed by atoms with Gasteiger partial charge in [0.1, 0.15) is 6.54 Å². The summed E-state index contributed by atoms with van der Waals surface area (Å²) < 4.78 is 0. The Balaban J connectivity index is 2.55. The average molecular weight is 243 g/mol. The highest BCUT2D eigenvalue weighted by atomic mass is 16.4. The zero-order valence-electron chi connectivity index (χ0n) is 10.3. The third kappa shape index (κ3) is 3.89. The first kappa shape index (κ1) is 13.8. The first-order valence-corrected chi connectivity index (χ1v) is 6.04. The summed E-state index contributed by atoms with van der Waals surface area (Å²) in [4.78, 5) is 25.9. The van der Waals surface area contributed by atoms with Gasteiger partial charge in [0, 0.05) is 19.6 Å². The van der Waals surface area contributed by atoms with Crippen molar-refractivity contribution in [2.75, 3.05) is 32.7 Å². The van der Waals surface area contributed by atoms with Crippen molar-refractivity contribution in [3.63, 3.8) is 0 Å². The molecule has 1 fully saturated rings. The number of carboxylic acids is 1. The molecule has 0 aliphatic carbocycles. The second-order valence-corrected chi connectivity index (χ2v) is 4.43. The third-order valence-electron chi connectivity index (χ3n) is 2.98. The second-order valence-electron chi connectivity index (χ2n) is 4.43. The topological polar surface area (TPSA) is 86.9 Å². The molecule has 1 heterocycles. The van der Waals surface area contributed by atoms with Crippen molar-refractivity contribution in [1.29, 1.82) is 0 Å². The summed E-state index contributed by atoms with van der Waals surface area (Å²) in [5.41, 5.74) is 5.57. The zero-order valence-corrected chi connectivity index (χ0v) is 10.3. The maximum Gasteiger partial charge on any atom is 0.323 e. The van der Waals surface area contributed by atoms with E-state index in [2.05, 4.69) is 0 Å². The minimum atomic E-state index is -0.971. The highest BCUT2D eigenvalue weighted by Crippen LogP contribution is 2.16. The average Bonchev–Trinajstić information content (AvgIpc) is 2.75. The lowest BCUT2D eigenvalue weighted by molar-refractivity contribution is -0.137. The van der Waals surface area contributed by atoms with Gasteiger partial charge in [-0.15, -0.1) is 0 Å². The van der Waals surface area contributed by atoms with Gasteiger partial charge in [-0.1, -0.05) is 6.92 Å². The number of amides is 2. The van der Waals surface area contributed by atoms with Crippen LogP contribution in [0.2, 0.25) is 0 Å². The lowest BCUT2D eigenvalue weighted by Gasteiger charge is -2.26. The molecule has 0 aromatic carbocycles. The minimum Gasteiger partial charge on any atom is -0.480 e.